The number of aryl methyl sites for hydroxylation is 2. The Hall–Kier alpha value is -1.81. The first-order chi connectivity index (χ1) is 8.08. The van der Waals surface area contributed by atoms with Gasteiger partial charge in [-0.2, -0.15) is 10.2 Å². The molecule has 2 rings (SSSR count). The van der Waals surface area contributed by atoms with Gasteiger partial charge in [0.1, 0.15) is 5.82 Å². The third kappa shape index (κ3) is 2.47. The summed E-state index contributed by atoms with van der Waals surface area (Å²) in [5.74, 6) is -0.283. The maximum Gasteiger partial charge on any atom is 0.123 e. The van der Waals surface area contributed by atoms with Gasteiger partial charge in [0, 0.05) is 0 Å². The van der Waals surface area contributed by atoms with E-state index in [2.05, 4.69) is 10.2 Å². The summed E-state index contributed by atoms with van der Waals surface area (Å²) in [5.41, 5.74) is 9.31. The molecule has 1 unspecified atom stereocenters. The largest absolute Gasteiger partial charge is 0.320 e. The summed E-state index contributed by atoms with van der Waals surface area (Å²) in [7, 11) is 0. The molecule has 2 aromatic rings. The van der Waals surface area contributed by atoms with Crippen molar-refractivity contribution in [3.63, 3.8) is 0 Å². The lowest BCUT2D eigenvalue weighted by molar-refractivity contribution is 0.623. The summed E-state index contributed by atoms with van der Waals surface area (Å²) in [6.45, 7) is 3.70. The van der Waals surface area contributed by atoms with Gasteiger partial charge in [0.25, 0.3) is 0 Å². The second-order valence-electron chi connectivity index (χ2n) is 4.06. The van der Waals surface area contributed by atoms with E-state index in [0.717, 1.165) is 22.5 Å². The number of nitrogens with zero attached hydrogens (tertiary/aromatic N) is 2. The summed E-state index contributed by atoms with van der Waals surface area (Å²) in [5, 5.41) is 7.98. The molecule has 0 amide bonds. The molecule has 2 N–H and O–H groups in total. The van der Waals surface area contributed by atoms with Gasteiger partial charge < -0.3 is 5.73 Å². The van der Waals surface area contributed by atoms with Crippen molar-refractivity contribution in [1.82, 2.24) is 10.2 Å². The first-order valence-corrected chi connectivity index (χ1v) is 5.40. The summed E-state index contributed by atoms with van der Waals surface area (Å²) in [6.07, 6.45) is 0. The van der Waals surface area contributed by atoms with Crippen molar-refractivity contribution in [2.45, 2.75) is 19.9 Å². The van der Waals surface area contributed by atoms with Gasteiger partial charge in [-0.05, 0) is 43.2 Å². The van der Waals surface area contributed by atoms with Crippen molar-refractivity contribution in [2.75, 3.05) is 0 Å². The van der Waals surface area contributed by atoms with Crippen molar-refractivity contribution >= 4 is 0 Å². The first kappa shape index (κ1) is 11.7. The average Bonchev–Trinajstić information content (AvgIpc) is 2.31. The molecule has 17 heavy (non-hydrogen) atoms. The summed E-state index contributed by atoms with van der Waals surface area (Å²) < 4.78 is 13.1. The Morgan fingerprint density at radius 3 is 2.65 bits per heavy atom. The van der Waals surface area contributed by atoms with E-state index in [-0.39, 0.29) is 11.9 Å². The second-order valence-corrected chi connectivity index (χ2v) is 4.06. The minimum absolute atomic E-state index is 0.283. The molecular formula is C13H14FN3. The van der Waals surface area contributed by atoms with E-state index in [0.29, 0.717) is 0 Å². The molecule has 0 bridgehead atoms. The third-order valence-electron chi connectivity index (χ3n) is 2.68. The highest BCUT2D eigenvalue weighted by atomic mass is 19.1. The van der Waals surface area contributed by atoms with Crippen LogP contribution in [-0.4, -0.2) is 10.2 Å². The number of hydrogen-bond acceptors (Lipinski definition) is 3. The zero-order chi connectivity index (χ0) is 12.4. The Labute approximate surface area is 99.5 Å². The fourth-order valence-corrected chi connectivity index (χ4v) is 1.76. The van der Waals surface area contributed by atoms with E-state index >= 15 is 0 Å². The minimum atomic E-state index is -0.375. The molecule has 0 fully saturated rings. The molecule has 1 aromatic heterocycles. The minimum Gasteiger partial charge on any atom is -0.320 e. The molecule has 3 nitrogen and oxygen atoms in total. The average molecular weight is 231 g/mol. The zero-order valence-corrected chi connectivity index (χ0v) is 9.81. The van der Waals surface area contributed by atoms with Crippen LogP contribution in [0, 0.1) is 19.7 Å². The van der Waals surface area contributed by atoms with Crippen molar-refractivity contribution in [3.8, 4) is 0 Å². The number of aromatic nitrogens is 2. The van der Waals surface area contributed by atoms with Crippen LogP contribution in [0.15, 0.2) is 30.3 Å². The number of benzene rings is 1. The van der Waals surface area contributed by atoms with E-state index in [9.17, 15) is 4.39 Å². The zero-order valence-electron chi connectivity index (χ0n) is 9.81. The van der Waals surface area contributed by atoms with E-state index in [1.165, 1.54) is 12.1 Å². The summed E-state index contributed by atoms with van der Waals surface area (Å²) >= 11 is 0. The Kier molecular flexibility index (Phi) is 3.15. The molecule has 1 aromatic carbocycles. The van der Waals surface area contributed by atoms with Gasteiger partial charge in [-0.25, -0.2) is 4.39 Å². The van der Waals surface area contributed by atoms with E-state index in [1.807, 2.05) is 26.0 Å². The molecule has 0 saturated carbocycles. The fourth-order valence-electron chi connectivity index (χ4n) is 1.76. The fraction of sp³-hybridized carbons (Fsp3) is 0.231. The molecular weight excluding hydrogens is 217 g/mol. The van der Waals surface area contributed by atoms with Crippen LogP contribution in [0.5, 0.6) is 0 Å². The van der Waals surface area contributed by atoms with Gasteiger partial charge >= 0.3 is 0 Å². The van der Waals surface area contributed by atoms with Crippen LogP contribution in [-0.2, 0) is 0 Å². The number of halogens is 1. The molecule has 0 aliphatic rings. The normalized spacial score (nSPS) is 12.5. The predicted octanol–water partition coefficient (Wildman–Crippen LogP) is 2.28. The van der Waals surface area contributed by atoms with Gasteiger partial charge in [0.2, 0.25) is 0 Å². The first-order valence-electron chi connectivity index (χ1n) is 5.40. The van der Waals surface area contributed by atoms with Crippen molar-refractivity contribution in [1.29, 1.82) is 0 Å². The van der Waals surface area contributed by atoms with Crippen LogP contribution in [0.3, 0.4) is 0 Å². The van der Waals surface area contributed by atoms with Crippen molar-refractivity contribution in [3.05, 3.63) is 58.7 Å². The molecule has 88 valence electrons. The van der Waals surface area contributed by atoms with Crippen LogP contribution in [0.2, 0.25) is 0 Å². The van der Waals surface area contributed by atoms with E-state index < -0.39 is 0 Å². The van der Waals surface area contributed by atoms with Gasteiger partial charge in [0.05, 0.1) is 17.4 Å². The topological polar surface area (TPSA) is 51.8 Å². The monoisotopic (exact) mass is 231 g/mol. The highest BCUT2D eigenvalue weighted by molar-refractivity contribution is 5.33. The maximum atomic E-state index is 13.1. The highest BCUT2D eigenvalue weighted by Crippen LogP contribution is 2.22. The van der Waals surface area contributed by atoms with Crippen LogP contribution >= 0.6 is 0 Å². The van der Waals surface area contributed by atoms with Crippen molar-refractivity contribution in [2.24, 2.45) is 5.73 Å². The molecule has 0 spiro atoms. The Morgan fingerprint density at radius 1 is 1.18 bits per heavy atom. The predicted molar refractivity (Wildman–Crippen MR) is 63.9 cm³/mol. The Balaban J connectivity index is 2.43. The maximum absolute atomic E-state index is 13.1. The van der Waals surface area contributed by atoms with Crippen LogP contribution in [0.1, 0.15) is 28.6 Å². The van der Waals surface area contributed by atoms with Gasteiger partial charge in [-0.3, -0.25) is 0 Å². The molecule has 1 atom stereocenters. The standard InChI is InChI=1S/C13H14FN3/c1-8-6-12(9(2)17-16-8)13(15)10-4-3-5-11(14)7-10/h3-7,13H,15H2,1-2H3. The second kappa shape index (κ2) is 4.59. The molecule has 0 aliphatic carbocycles. The lowest BCUT2D eigenvalue weighted by Crippen LogP contribution is -2.15. The summed E-state index contributed by atoms with van der Waals surface area (Å²) in [4.78, 5) is 0. The molecule has 1 heterocycles. The molecule has 0 saturated heterocycles. The summed E-state index contributed by atoms with van der Waals surface area (Å²) in [6, 6.07) is 7.82. The van der Waals surface area contributed by atoms with E-state index in [1.54, 1.807) is 6.07 Å². The number of nitrogens with two attached hydrogens (primary N) is 1. The SMILES string of the molecule is Cc1cc(C(N)c2cccc(F)c2)c(C)nn1. The molecule has 0 aliphatic heterocycles. The molecule has 4 heteroatoms. The quantitative estimate of drug-likeness (QED) is 0.862. The van der Waals surface area contributed by atoms with Crippen LogP contribution < -0.4 is 5.73 Å². The van der Waals surface area contributed by atoms with Crippen molar-refractivity contribution < 1.29 is 4.39 Å². The lowest BCUT2D eigenvalue weighted by Gasteiger charge is -2.14. The Morgan fingerprint density at radius 2 is 1.94 bits per heavy atom. The Bertz CT molecular complexity index is 540. The molecule has 0 radical (unpaired) electrons. The smallest absolute Gasteiger partial charge is 0.123 e. The van der Waals surface area contributed by atoms with Crippen LogP contribution in [0.4, 0.5) is 4.39 Å². The third-order valence-corrected chi connectivity index (χ3v) is 2.68. The van der Waals surface area contributed by atoms with Gasteiger partial charge in [-0.1, -0.05) is 12.1 Å². The highest BCUT2D eigenvalue weighted by Gasteiger charge is 2.13. The number of rotatable bonds is 2. The lowest BCUT2D eigenvalue weighted by atomic mass is 9.98. The van der Waals surface area contributed by atoms with Gasteiger partial charge in [0.15, 0.2) is 0 Å². The van der Waals surface area contributed by atoms with Gasteiger partial charge in [-0.15, -0.1) is 0 Å². The van der Waals surface area contributed by atoms with Crippen LogP contribution in [0.25, 0.3) is 0 Å². The number of hydrogen-bond donors (Lipinski definition) is 1. The van der Waals surface area contributed by atoms with E-state index in [4.69, 9.17) is 5.73 Å².